The van der Waals surface area contributed by atoms with Gasteiger partial charge >= 0.3 is 0 Å². The molecule has 1 fully saturated rings. The zero-order chi connectivity index (χ0) is 23.0. The van der Waals surface area contributed by atoms with Crippen LogP contribution in [0.25, 0.3) is 0 Å². The minimum Gasteiger partial charge on any atom is -0.342 e. The molecule has 1 aliphatic heterocycles. The Morgan fingerprint density at radius 3 is 2.24 bits per heavy atom. The number of nitrogens with one attached hydrogen (secondary N) is 1. The average Bonchev–Trinajstić information content (AvgIpc) is 2.83. The second kappa shape index (κ2) is 8.51. The summed E-state index contributed by atoms with van der Waals surface area (Å²) in [6.07, 6.45) is 3.35. The van der Waals surface area contributed by atoms with Crippen molar-refractivity contribution >= 4 is 17.5 Å². The molecule has 3 aromatic rings. The standard InChI is InChI=1S/C29H30N2O2/c1-29-18-17-26(32)31(2)25(29)16-13-22-19-23(14-15-24(22)29)30-28(33)27(20-9-5-3-6-10-20)21-11-7-4-8-12-21/h3-12,14-15,19,25,27H,13,16-18H2,1-2H3,(H,30,33)/t25-,29-/m1/s1. The number of carbonyl (C=O) groups is 2. The number of piperidine rings is 1. The molecule has 0 unspecified atom stereocenters. The summed E-state index contributed by atoms with van der Waals surface area (Å²) in [5.74, 6) is -0.156. The van der Waals surface area contributed by atoms with Crippen molar-refractivity contribution in [1.82, 2.24) is 4.90 Å². The second-order valence-electron chi connectivity index (χ2n) is 9.59. The molecular formula is C29H30N2O2. The smallest absolute Gasteiger partial charge is 0.236 e. The fourth-order valence-electron chi connectivity index (χ4n) is 5.87. The van der Waals surface area contributed by atoms with E-state index in [0.29, 0.717) is 6.42 Å². The van der Waals surface area contributed by atoms with Gasteiger partial charge in [0.05, 0.1) is 5.92 Å². The predicted octanol–water partition coefficient (Wildman–Crippen LogP) is 5.28. The number of benzene rings is 3. The van der Waals surface area contributed by atoms with Crippen molar-refractivity contribution in [2.75, 3.05) is 12.4 Å². The van der Waals surface area contributed by atoms with Crippen LogP contribution in [0.4, 0.5) is 5.69 Å². The van der Waals surface area contributed by atoms with E-state index in [4.69, 9.17) is 0 Å². The maximum Gasteiger partial charge on any atom is 0.236 e. The number of carbonyl (C=O) groups excluding carboxylic acids is 2. The molecule has 3 aromatic carbocycles. The quantitative estimate of drug-likeness (QED) is 0.602. The van der Waals surface area contributed by atoms with Crippen molar-refractivity contribution in [1.29, 1.82) is 0 Å². The van der Waals surface area contributed by atoms with Crippen LogP contribution in [-0.4, -0.2) is 29.8 Å². The molecule has 2 atom stereocenters. The number of aryl methyl sites for hydroxylation is 1. The maximum atomic E-state index is 13.5. The molecule has 5 rings (SSSR count). The zero-order valence-corrected chi connectivity index (χ0v) is 19.3. The van der Waals surface area contributed by atoms with Crippen molar-refractivity contribution < 1.29 is 9.59 Å². The molecule has 1 saturated heterocycles. The van der Waals surface area contributed by atoms with Gasteiger partial charge in [-0.05, 0) is 53.6 Å². The van der Waals surface area contributed by atoms with Crippen LogP contribution in [0.3, 0.4) is 0 Å². The molecular weight excluding hydrogens is 408 g/mol. The lowest BCUT2D eigenvalue weighted by atomic mass is 9.63. The number of anilines is 1. The van der Waals surface area contributed by atoms with Crippen LogP contribution in [0.15, 0.2) is 78.9 Å². The summed E-state index contributed by atoms with van der Waals surface area (Å²) >= 11 is 0. The van der Waals surface area contributed by atoms with Crippen LogP contribution in [0.5, 0.6) is 0 Å². The van der Waals surface area contributed by atoms with E-state index >= 15 is 0 Å². The molecule has 1 N–H and O–H groups in total. The third kappa shape index (κ3) is 3.84. The van der Waals surface area contributed by atoms with Gasteiger partial charge in [0.25, 0.3) is 0 Å². The Morgan fingerprint density at radius 1 is 0.970 bits per heavy atom. The molecule has 1 heterocycles. The maximum absolute atomic E-state index is 13.5. The van der Waals surface area contributed by atoms with Gasteiger partial charge in [-0.1, -0.05) is 73.7 Å². The number of rotatable bonds is 4. The SMILES string of the molecule is CN1C(=O)CC[C@]2(C)c3ccc(NC(=O)C(c4ccccc4)c4ccccc4)cc3CC[C@@H]12. The first-order valence-electron chi connectivity index (χ1n) is 11.8. The van der Waals surface area contributed by atoms with Crippen molar-refractivity contribution in [3.8, 4) is 0 Å². The Morgan fingerprint density at radius 2 is 1.61 bits per heavy atom. The van der Waals surface area contributed by atoms with Crippen LogP contribution in [0.2, 0.25) is 0 Å². The number of likely N-dealkylation sites (N-methyl/N-ethyl adjacent to an activating group) is 1. The lowest BCUT2D eigenvalue weighted by molar-refractivity contribution is -0.138. The van der Waals surface area contributed by atoms with Gasteiger partial charge in [0.1, 0.15) is 0 Å². The van der Waals surface area contributed by atoms with Crippen LogP contribution >= 0.6 is 0 Å². The summed E-state index contributed by atoms with van der Waals surface area (Å²) in [6.45, 7) is 2.29. The zero-order valence-electron chi connectivity index (χ0n) is 19.3. The van der Waals surface area contributed by atoms with Crippen LogP contribution in [-0.2, 0) is 21.4 Å². The third-order valence-corrected chi connectivity index (χ3v) is 7.66. The molecule has 4 nitrogen and oxygen atoms in total. The number of nitrogens with zero attached hydrogens (tertiary/aromatic N) is 1. The van der Waals surface area contributed by atoms with Gasteiger partial charge in [-0.15, -0.1) is 0 Å². The number of fused-ring (bicyclic) bond motifs is 3. The minimum absolute atomic E-state index is 0.0322. The number of hydrogen-bond acceptors (Lipinski definition) is 2. The fraction of sp³-hybridized carbons (Fsp3) is 0.310. The molecule has 0 spiro atoms. The van der Waals surface area contributed by atoms with E-state index in [1.54, 1.807) is 0 Å². The molecule has 2 amide bonds. The van der Waals surface area contributed by atoms with E-state index in [9.17, 15) is 9.59 Å². The van der Waals surface area contributed by atoms with E-state index in [0.717, 1.165) is 36.1 Å². The highest BCUT2D eigenvalue weighted by atomic mass is 16.2. The highest BCUT2D eigenvalue weighted by molar-refractivity contribution is 5.98. The summed E-state index contributed by atoms with van der Waals surface area (Å²) in [6, 6.07) is 26.4. The second-order valence-corrected chi connectivity index (χ2v) is 9.59. The van der Waals surface area contributed by atoms with Crippen molar-refractivity contribution in [3.05, 3.63) is 101 Å². The molecule has 168 valence electrons. The van der Waals surface area contributed by atoms with Crippen molar-refractivity contribution in [2.24, 2.45) is 0 Å². The first-order valence-corrected chi connectivity index (χ1v) is 11.8. The molecule has 33 heavy (non-hydrogen) atoms. The van der Waals surface area contributed by atoms with E-state index < -0.39 is 0 Å². The first kappa shape index (κ1) is 21.4. The summed E-state index contributed by atoms with van der Waals surface area (Å²) < 4.78 is 0. The monoisotopic (exact) mass is 438 g/mol. The predicted molar refractivity (Wildman–Crippen MR) is 131 cm³/mol. The summed E-state index contributed by atoms with van der Waals surface area (Å²) in [7, 11) is 1.94. The van der Waals surface area contributed by atoms with Gasteiger partial charge in [0, 0.05) is 30.6 Å². The number of likely N-dealkylation sites (tertiary alicyclic amines) is 1. The summed E-state index contributed by atoms with van der Waals surface area (Å²) in [5, 5.41) is 3.19. The van der Waals surface area contributed by atoms with Crippen LogP contribution < -0.4 is 5.32 Å². The minimum atomic E-state index is -0.372. The number of hydrogen-bond donors (Lipinski definition) is 1. The lowest BCUT2D eigenvalue weighted by Crippen LogP contribution is -2.56. The highest BCUT2D eigenvalue weighted by Gasteiger charge is 2.46. The third-order valence-electron chi connectivity index (χ3n) is 7.66. The molecule has 0 radical (unpaired) electrons. The highest BCUT2D eigenvalue weighted by Crippen LogP contribution is 2.46. The molecule has 2 aliphatic rings. The van der Waals surface area contributed by atoms with Gasteiger partial charge in [-0.3, -0.25) is 9.59 Å². The Hall–Kier alpha value is -3.40. The van der Waals surface area contributed by atoms with Crippen LogP contribution in [0, 0.1) is 0 Å². The molecule has 1 aliphatic carbocycles. The Bertz CT molecular complexity index is 1140. The molecule has 0 aromatic heterocycles. The summed E-state index contributed by atoms with van der Waals surface area (Å²) in [4.78, 5) is 27.7. The molecule has 0 bridgehead atoms. The van der Waals surface area contributed by atoms with E-state index in [-0.39, 0.29) is 29.2 Å². The van der Waals surface area contributed by atoms with Gasteiger partial charge in [0.15, 0.2) is 0 Å². The Balaban J connectivity index is 1.43. The first-order chi connectivity index (χ1) is 16.0. The molecule has 0 saturated carbocycles. The van der Waals surface area contributed by atoms with Gasteiger partial charge in [-0.2, -0.15) is 0 Å². The number of amides is 2. The van der Waals surface area contributed by atoms with Gasteiger partial charge in [-0.25, -0.2) is 0 Å². The molecule has 4 heteroatoms. The normalized spacial score (nSPS) is 22.0. The topological polar surface area (TPSA) is 49.4 Å². The fourth-order valence-corrected chi connectivity index (χ4v) is 5.87. The van der Waals surface area contributed by atoms with Crippen LogP contribution in [0.1, 0.15) is 54.4 Å². The van der Waals surface area contributed by atoms with Crippen molar-refractivity contribution in [2.45, 2.75) is 50.0 Å². The van der Waals surface area contributed by atoms with E-state index in [2.05, 4.69) is 24.4 Å². The van der Waals surface area contributed by atoms with Gasteiger partial charge < -0.3 is 10.2 Å². The van der Waals surface area contributed by atoms with Crippen molar-refractivity contribution in [3.63, 3.8) is 0 Å². The van der Waals surface area contributed by atoms with E-state index in [1.165, 1.54) is 11.1 Å². The average molecular weight is 439 g/mol. The largest absolute Gasteiger partial charge is 0.342 e. The Labute approximate surface area is 195 Å². The lowest BCUT2D eigenvalue weighted by Gasteiger charge is -2.50. The van der Waals surface area contributed by atoms with E-state index in [1.807, 2.05) is 78.7 Å². The Kier molecular flexibility index (Phi) is 5.53. The van der Waals surface area contributed by atoms with Gasteiger partial charge in [0.2, 0.25) is 11.8 Å². The summed E-state index contributed by atoms with van der Waals surface area (Å²) in [5.41, 5.74) is 5.35.